The fourth-order valence-corrected chi connectivity index (χ4v) is 2.80. The van der Waals surface area contributed by atoms with Crippen molar-refractivity contribution in [3.63, 3.8) is 0 Å². The van der Waals surface area contributed by atoms with Gasteiger partial charge in [-0.3, -0.25) is 9.78 Å². The lowest BCUT2D eigenvalue weighted by molar-refractivity contribution is 0.0940. The number of imidazole rings is 1. The summed E-state index contributed by atoms with van der Waals surface area (Å²) in [5, 5.41) is 3.02. The van der Waals surface area contributed by atoms with Gasteiger partial charge >= 0.3 is 0 Å². The van der Waals surface area contributed by atoms with E-state index in [9.17, 15) is 4.79 Å². The number of hydrogen-bond donors (Lipinski definition) is 2. The predicted molar refractivity (Wildman–Crippen MR) is 98.4 cm³/mol. The van der Waals surface area contributed by atoms with E-state index in [2.05, 4.69) is 20.3 Å². The lowest BCUT2D eigenvalue weighted by Gasteiger charge is -2.14. The number of pyridine rings is 1. The van der Waals surface area contributed by atoms with Crippen LogP contribution in [0, 0.1) is 20.8 Å². The summed E-state index contributed by atoms with van der Waals surface area (Å²) < 4.78 is 0. The summed E-state index contributed by atoms with van der Waals surface area (Å²) in [5.74, 6) is 0.752. The van der Waals surface area contributed by atoms with E-state index in [1.807, 2.05) is 64.1 Å². The van der Waals surface area contributed by atoms with Crippen molar-refractivity contribution in [2.75, 3.05) is 0 Å². The molecular weight excluding hydrogens is 312 g/mol. The number of aromatic amines is 1. The van der Waals surface area contributed by atoms with E-state index in [0.29, 0.717) is 5.56 Å². The number of nitrogens with zero attached hydrogens (tertiary/aromatic N) is 2. The average Bonchev–Trinajstić information content (AvgIpc) is 2.94. The maximum atomic E-state index is 12.6. The molecule has 0 bridgehead atoms. The number of rotatable bonds is 4. The molecule has 1 atom stereocenters. The van der Waals surface area contributed by atoms with Gasteiger partial charge in [0, 0.05) is 28.7 Å². The lowest BCUT2D eigenvalue weighted by atomic mass is 10.1. The van der Waals surface area contributed by atoms with Crippen molar-refractivity contribution in [3.8, 4) is 11.3 Å². The van der Waals surface area contributed by atoms with E-state index < -0.39 is 0 Å². The molecule has 25 heavy (non-hydrogen) atoms. The summed E-state index contributed by atoms with van der Waals surface area (Å²) in [5.41, 5.74) is 5.36. The Morgan fingerprint density at radius 2 is 1.96 bits per heavy atom. The minimum atomic E-state index is -0.112. The third-order valence-electron chi connectivity index (χ3n) is 4.18. The highest BCUT2D eigenvalue weighted by Gasteiger charge is 2.14. The van der Waals surface area contributed by atoms with Gasteiger partial charge in [0.25, 0.3) is 5.91 Å². The van der Waals surface area contributed by atoms with Gasteiger partial charge in [-0.15, -0.1) is 0 Å². The second kappa shape index (κ2) is 6.89. The number of hydrogen-bond acceptors (Lipinski definition) is 3. The molecule has 0 saturated heterocycles. The molecule has 0 unspecified atom stereocenters. The molecule has 0 saturated carbocycles. The zero-order valence-corrected chi connectivity index (χ0v) is 14.9. The molecule has 2 heterocycles. The first-order valence-corrected chi connectivity index (χ1v) is 8.31. The number of aromatic nitrogens is 3. The van der Waals surface area contributed by atoms with Crippen LogP contribution in [0.2, 0.25) is 0 Å². The van der Waals surface area contributed by atoms with Crippen molar-refractivity contribution < 1.29 is 4.79 Å². The average molecular weight is 334 g/mol. The third-order valence-corrected chi connectivity index (χ3v) is 4.18. The van der Waals surface area contributed by atoms with E-state index in [1.165, 1.54) is 0 Å². The second-order valence-electron chi connectivity index (χ2n) is 6.30. The lowest BCUT2D eigenvalue weighted by Crippen LogP contribution is -2.26. The molecule has 3 aromatic rings. The smallest absolute Gasteiger partial charge is 0.251 e. The predicted octanol–water partition coefficient (Wildman–Crippen LogP) is 3.89. The van der Waals surface area contributed by atoms with E-state index in [1.54, 1.807) is 6.20 Å². The van der Waals surface area contributed by atoms with E-state index >= 15 is 0 Å². The van der Waals surface area contributed by atoms with E-state index in [0.717, 1.165) is 34.0 Å². The van der Waals surface area contributed by atoms with Crippen LogP contribution in [0.4, 0.5) is 0 Å². The molecule has 5 nitrogen and oxygen atoms in total. The molecular formula is C20H22N4O. The molecule has 0 aliphatic carbocycles. The zero-order chi connectivity index (χ0) is 18.0. The molecule has 2 aromatic heterocycles. The molecule has 0 aliphatic rings. The summed E-state index contributed by atoms with van der Waals surface area (Å²) >= 11 is 0. The number of carbonyl (C=O) groups excluding carboxylic acids is 1. The van der Waals surface area contributed by atoms with Gasteiger partial charge in [0.05, 0.1) is 11.7 Å². The fourth-order valence-electron chi connectivity index (χ4n) is 2.80. The van der Waals surface area contributed by atoms with Crippen LogP contribution in [0.3, 0.4) is 0 Å². The molecule has 5 heteroatoms. The van der Waals surface area contributed by atoms with Crippen LogP contribution >= 0.6 is 0 Å². The largest absolute Gasteiger partial charge is 0.346 e. The van der Waals surface area contributed by atoms with Crippen LogP contribution in [-0.2, 0) is 0 Å². The quantitative estimate of drug-likeness (QED) is 0.760. The van der Waals surface area contributed by atoms with E-state index in [-0.39, 0.29) is 11.9 Å². The van der Waals surface area contributed by atoms with Gasteiger partial charge in [0.15, 0.2) is 0 Å². The van der Waals surface area contributed by atoms with Crippen molar-refractivity contribution in [1.82, 2.24) is 20.3 Å². The second-order valence-corrected chi connectivity index (χ2v) is 6.30. The van der Waals surface area contributed by atoms with Crippen LogP contribution in [0.15, 0.2) is 42.6 Å². The van der Waals surface area contributed by atoms with Crippen LogP contribution in [0.5, 0.6) is 0 Å². The van der Waals surface area contributed by atoms with Gasteiger partial charge in [-0.2, -0.15) is 0 Å². The monoisotopic (exact) mass is 334 g/mol. The molecule has 0 aliphatic heterocycles. The standard InChI is InChI=1S/C20H22N4O/c1-12-8-9-18(11-21-12)13(2)23-20(25)17-7-5-6-16(10-17)19-14(3)22-15(4)24-19/h5-11,13H,1-4H3,(H,22,24)(H,23,25)/t13-/m0/s1. The summed E-state index contributed by atoms with van der Waals surface area (Å²) in [6.07, 6.45) is 1.80. The summed E-state index contributed by atoms with van der Waals surface area (Å²) in [6.45, 7) is 7.80. The molecule has 1 aromatic carbocycles. The Kier molecular flexibility index (Phi) is 4.65. The van der Waals surface area contributed by atoms with Gasteiger partial charge in [0.1, 0.15) is 5.82 Å². The van der Waals surface area contributed by atoms with Crippen LogP contribution in [0.25, 0.3) is 11.3 Å². The first kappa shape index (κ1) is 16.9. The number of carbonyl (C=O) groups is 1. The number of nitrogens with one attached hydrogen (secondary N) is 2. The number of benzene rings is 1. The number of aryl methyl sites for hydroxylation is 3. The van der Waals surface area contributed by atoms with Gasteiger partial charge in [0.2, 0.25) is 0 Å². The van der Waals surface area contributed by atoms with Crippen molar-refractivity contribution in [3.05, 3.63) is 70.9 Å². The van der Waals surface area contributed by atoms with Gasteiger partial charge in [-0.25, -0.2) is 4.98 Å². The molecule has 3 rings (SSSR count). The SMILES string of the molecule is Cc1ccc([C@H](C)NC(=O)c2cccc(-c3nc(C)[nH]c3C)c2)cn1. The maximum Gasteiger partial charge on any atom is 0.251 e. The summed E-state index contributed by atoms with van der Waals surface area (Å²) in [4.78, 5) is 24.6. The Labute approximate surface area is 147 Å². The Balaban J connectivity index is 1.79. The molecule has 2 N–H and O–H groups in total. The Bertz CT molecular complexity index is 896. The van der Waals surface area contributed by atoms with Gasteiger partial charge in [-0.05, 0) is 51.5 Å². The number of H-pyrrole nitrogens is 1. The molecule has 0 radical (unpaired) electrons. The van der Waals surface area contributed by atoms with Gasteiger partial charge < -0.3 is 10.3 Å². The molecule has 0 fully saturated rings. The molecule has 0 spiro atoms. The Hall–Kier alpha value is -2.95. The van der Waals surface area contributed by atoms with Crippen LogP contribution < -0.4 is 5.32 Å². The minimum absolute atomic E-state index is 0.111. The van der Waals surface area contributed by atoms with Crippen molar-refractivity contribution >= 4 is 5.91 Å². The topological polar surface area (TPSA) is 70.7 Å². The highest BCUT2D eigenvalue weighted by Crippen LogP contribution is 2.22. The van der Waals surface area contributed by atoms with Crippen molar-refractivity contribution in [2.45, 2.75) is 33.7 Å². The van der Waals surface area contributed by atoms with Crippen LogP contribution in [-0.4, -0.2) is 20.9 Å². The first-order chi connectivity index (χ1) is 11.9. The zero-order valence-electron chi connectivity index (χ0n) is 14.9. The highest BCUT2D eigenvalue weighted by atomic mass is 16.1. The maximum absolute atomic E-state index is 12.6. The summed E-state index contributed by atoms with van der Waals surface area (Å²) in [7, 11) is 0. The Morgan fingerprint density at radius 3 is 2.60 bits per heavy atom. The third kappa shape index (κ3) is 3.76. The summed E-state index contributed by atoms with van der Waals surface area (Å²) in [6, 6.07) is 11.4. The van der Waals surface area contributed by atoms with Crippen molar-refractivity contribution in [2.24, 2.45) is 0 Å². The van der Waals surface area contributed by atoms with E-state index in [4.69, 9.17) is 0 Å². The van der Waals surface area contributed by atoms with Crippen molar-refractivity contribution in [1.29, 1.82) is 0 Å². The molecule has 1 amide bonds. The fraction of sp³-hybridized carbons (Fsp3) is 0.250. The number of amides is 1. The highest BCUT2D eigenvalue weighted by molar-refractivity contribution is 5.95. The minimum Gasteiger partial charge on any atom is -0.346 e. The first-order valence-electron chi connectivity index (χ1n) is 8.31. The molecule has 128 valence electrons. The van der Waals surface area contributed by atoms with Gasteiger partial charge in [-0.1, -0.05) is 18.2 Å². The Morgan fingerprint density at radius 1 is 1.16 bits per heavy atom. The van der Waals surface area contributed by atoms with Crippen LogP contribution in [0.1, 0.15) is 46.1 Å². The normalized spacial score (nSPS) is 12.0.